The number of rotatable bonds is 5. The molecule has 28 heavy (non-hydrogen) atoms. The molecule has 142 valence electrons. The second-order valence-corrected chi connectivity index (χ2v) is 6.93. The first kappa shape index (κ1) is 18.8. The molecule has 0 fully saturated rings. The minimum absolute atomic E-state index is 0.0834. The normalized spacial score (nSPS) is 11.0. The Morgan fingerprint density at radius 1 is 0.964 bits per heavy atom. The minimum atomic E-state index is -0.343. The highest BCUT2D eigenvalue weighted by Crippen LogP contribution is 2.36. The van der Waals surface area contributed by atoms with Crippen LogP contribution in [0.4, 0.5) is 4.39 Å². The van der Waals surface area contributed by atoms with Gasteiger partial charge in [-0.1, -0.05) is 40.0 Å². The van der Waals surface area contributed by atoms with Crippen LogP contribution in [0.1, 0.15) is 5.76 Å². The fourth-order valence-corrected chi connectivity index (χ4v) is 3.35. The van der Waals surface area contributed by atoms with E-state index in [1.54, 1.807) is 24.3 Å². The van der Waals surface area contributed by atoms with Crippen molar-refractivity contribution in [2.45, 2.75) is 6.61 Å². The summed E-state index contributed by atoms with van der Waals surface area (Å²) in [5.74, 6) is 1.34. The molecule has 4 aromatic rings. The summed E-state index contributed by atoms with van der Waals surface area (Å²) in [6, 6.07) is 12.2. The molecule has 4 rings (SSSR count). The van der Waals surface area contributed by atoms with E-state index in [-0.39, 0.29) is 18.3 Å². The molecule has 0 bridgehead atoms. The van der Waals surface area contributed by atoms with Crippen LogP contribution in [0.3, 0.4) is 0 Å². The van der Waals surface area contributed by atoms with Gasteiger partial charge in [0.25, 0.3) is 5.89 Å². The number of hydrogen-bond donors (Lipinski definition) is 0. The lowest BCUT2D eigenvalue weighted by Gasteiger charge is -2.08. The van der Waals surface area contributed by atoms with E-state index in [2.05, 4.69) is 10.1 Å². The number of hydrogen-bond acceptors (Lipinski definition) is 5. The zero-order valence-corrected chi connectivity index (χ0v) is 16.2. The molecule has 2 heterocycles. The van der Waals surface area contributed by atoms with E-state index in [1.165, 1.54) is 24.3 Å². The van der Waals surface area contributed by atoms with E-state index in [1.807, 2.05) is 0 Å². The molecule has 2 aromatic carbocycles. The highest BCUT2D eigenvalue weighted by molar-refractivity contribution is 6.40. The lowest BCUT2D eigenvalue weighted by Crippen LogP contribution is -1.95. The molecule has 0 radical (unpaired) electrons. The Labute approximate surface area is 173 Å². The van der Waals surface area contributed by atoms with Crippen molar-refractivity contribution in [1.82, 2.24) is 10.1 Å². The lowest BCUT2D eigenvalue weighted by atomic mass is 10.2. The summed E-state index contributed by atoms with van der Waals surface area (Å²) in [5.41, 5.74) is 0.624. The minimum Gasteiger partial charge on any atom is -0.483 e. The van der Waals surface area contributed by atoms with Gasteiger partial charge in [-0.2, -0.15) is 4.98 Å². The first-order valence-electron chi connectivity index (χ1n) is 7.95. The summed E-state index contributed by atoms with van der Waals surface area (Å²) in [5, 5.41) is 4.89. The molecular formula is C19H10Cl3FN2O3. The number of ether oxygens (including phenoxy) is 1. The van der Waals surface area contributed by atoms with Gasteiger partial charge in [-0.05, 0) is 48.5 Å². The summed E-state index contributed by atoms with van der Waals surface area (Å²) < 4.78 is 29.5. The summed E-state index contributed by atoms with van der Waals surface area (Å²) >= 11 is 18.1. The van der Waals surface area contributed by atoms with Crippen LogP contribution in [0.15, 0.2) is 57.5 Å². The summed E-state index contributed by atoms with van der Waals surface area (Å²) in [6.07, 6.45) is 0. The fraction of sp³-hybridized carbons (Fsp3) is 0.0526. The molecule has 0 saturated heterocycles. The Bertz CT molecular complexity index is 1100. The fourth-order valence-electron chi connectivity index (χ4n) is 2.42. The van der Waals surface area contributed by atoms with Crippen LogP contribution in [0.5, 0.6) is 5.75 Å². The molecule has 0 aliphatic heterocycles. The molecule has 0 aliphatic rings. The molecule has 5 nitrogen and oxygen atoms in total. The molecule has 0 N–H and O–H groups in total. The van der Waals surface area contributed by atoms with E-state index >= 15 is 0 Å². The molecule has 0 saturated carbocycles. The first-order valence-corrected chi connectivity index (χ1v) is 9.09. The average Bonchev–Trinajstić information content (AvgIpc) is 3.30. The van der Waals surface area contributed by atoms with Crippen LogP contribution in [0.2, 0.25) is 15.1 Å². The standard InChI is InChI=1S/C19H10Cl3FN2O3/c20-11-7-14(21)17(15(22)8-11)26-9-13-5-6-16(27-13)19-24-18(25-28-19)10-1-3-12(23)4-2-10/h1-8H,9H2. The zero-order valence-electron chi connectivity index (χ0n) is 14.0. The third kappa shape index (κ3) is 3.99. The molecule has 9 heteroatoms. The number of furan rings is 1. The van der Waals surface area contributed by atoms with E-state index in [0.29, 0.717) is 43.7 Å². The van der Waals surface area contributed by atoms with Crippen LogP contribution in [-0.4, -0.2) is 10.1 Å². The maximum Gasteiger partial charge on any atom is 0.293 e. The Morgan fingerprint density at radius 3 is 2.39 bits per heavy atom. The van der Waals surface area contributed by atoms with Gasteiger partial charge in [-0.3, -0.25) is 0 Å². The van der Waals surface area contributed by atoms with Crippen molar-refractivity contribution in [3.8, 4) is 28.8 Å². The van der Waals surface area contributed by atoms with Gasteiger partial charge in [-0.15, -0.1) is 0 Å². The topological polar surface area (TPSA) is 61.3 Å². The van der Waals surface area contributed by atoms with Gasteiger partial charge < -0.3 is 13.7 Å². The van der Waals surface area contributed by atoms with Crippen molar-refractivity contribution >= 4 is 34.8 Å². The zero-order chi connectivity index (χ0) is 19.7. The van der Waals surface area contributed by atoms with Gasteiger partial charge in [0.15, 0.2) is 11.5 Å². The number of nitrogens with zero attached hydrogens (tertiary/aromatic N) is 2. The summed E-state index contributed by atoms with van der Waals surface area (Å²) in [7, 11) is 0. The van der Waals surface area contributed by atoms with Gasteiger partial charge in [0.2, 0.25) is 5.82 Å². The van der Waals surface area contributed by atoms with Crippen molar-refractivity contribution in [2.75, 3.05) is 0 Å². The van der Waals surface area contributed by atoms with Crippen LogP contribution < -0.4 is 4.74 Å². The van der Waals surface area contributed by atoms with Gasteiger partial charge >= 0.3 is 0 Å². The predicted molar refractivity (Wildman–Crippen MR) is 103 cm³/mol. The van der Waals surface area contributed by atoms with E-state index in [9.17, 15) is 4.39 Å². The molecular weight excluding hydrogens is 430 g/mol. The Balaban J connectivity index is 1.49. The largest absolute Gasteiger partial charge is 0.483 e. The van der Waals surface area contributed by atoms with E-state index < -0.39 is 0 Å². The van der Waals surface area contributed by atoms with Gasteiger partial charge in [-0.25, -0.2) is 4.39 Å². The number of aromatic nitrogens is 2. The Kier molecular flexibility index (Phi) is 5.26. The average molecular weight is 440 g/mol. The first-order chi connectivity index (χ1) is 13.5. The maximum absolute atomic E-state index is 13.0. The van der Waals surface area contributed by atoms with Gasteiger partial charge in [0.1, 0.15) is 18.2 Å². The third-order valence-electron chi connectivity index (χ3n) is 3.72. The number of halogens is 4. The quantitative estimate of drug-likeness (QED) is 0.347. The highest BCUT2D eigenvalue weighted by atomic mass is 35.5. The lowest BCUT2D eigenvalue weighted by molar-refractivity contribution is 0.270. The molecule has 2 aromatic heterocycles. The third-order valence-corrected chi connectivity index (χ3v) is 4.50. The molecule has 0 atom stereocenters. The SMILES string of the molecule is Fc1ccc(-c2noc(-c3ccc(COc4c(Cl)cc(Cl)cc4Cl)o3)n2)cc1. The Hall–Kier alpha value is -2.54. The van der Waals surface area contributed by atoms with E-state index in [0.717, 1.165) is 0 Å². The van der Waals surface area contributed by atoms with Crippen molar-refractivity contribution in [3.63, 3.8) is 0 Å². The van der Waals surface area contributed by atoms with Crippen LogP contribution in [0.25, 0.3) is 23.0 Å². The van der Waals surface area contributed by atoms with Crippen molar-refractivity contribution in [1.29, 1.82) is 0 Å². The van der Waals surface area contributed by atoms with Crippen LogP contribution in [-0.2, 0) is 6.61 Å². The van der Waals surface area contributed by atoms with Gasteiger partial charge in [0, 0.05) is 10.6 Å². The summed E-state index contributed by atoms with van der Waals surface area (Å²) in [4.78, 5) is 4.26. The van der Waals surface area contributed by atoms with Crippen molar-refractivity contribution < 1.29 is 18.1 Å². The Morgan fingerprint density at radius 2 is 1.68 bits per heavy atom. The highest BCUT2D eigenvalue weighted by Gasteiger charge is 2.16. The predicted octanol–water partition coefficient (Wildman–Crippen LogP) is 6.67. The molecule has 0 spiro atoms. The second-order valence-electron chi connectivity index (χ2n) is 5.68. The molecule has 0 amide bonds. The second kappa shape index (κ2) is 7.83. The van der Waals surface area contributed by atoms with Gasteiger partial charge in [0.05, 0.1) is 10.0 Å². The maximum atomic E-state index is 13.0. The van der Waals surface area contributed by atoms with Crippen LogP contribution >= 0.6 is 34.8 Å². The number of benzene rings is 2. The molecule has 0 aliphatic carbocycles. The van der Waals surface area contributed by atoms with E-state index in [4.69, 9.17) is 48.5 Å². The van der Waals surface area contributed by atoms with Crippen molar-refractivity contribution in [2.24, 2.45) is 0 Å². The van der Waals surface area contributed by atoms with Crippen LogP contribution in [0, 0.1) is 5.82 Å². The van der Waals surface area contributed by atoms with Crippen molar-refractivity contribution in [3.05, 3.63) is 75.2 Å². The summed E-state index contributed by atoms with van der Waals surface area (Å²) in [6.45, 7) is 0.0834. The monoisotopic (exact) mass is 438 g/mol. The molecule has 0 unspecified atom stereocenters. The smallest absolute Gasteiger partial charge is 0.293 e.